The van der Waals surface area contributed by atoms with Gasteiger partial charge in [-0.2, -0.15) is 13.2 Å². The summed E-state index contributed by atoms with van der Waals surface area (Å²) in [5.74, 6) is -1.00. The van der Waals surface area contributed by atoms with E-state index in [2.05, 4.69) is 0 Å². The number of aromatic carboxylic acids is 1. The third-order valence-electron chi connectivity index (χ3n) is 3.20. The summed E-state index contributed by atoms with van der Waals surface area (Å²) in [7, 11) is 1.34. The van der Waals surface area contributed by atoms with E-state index in [1.54, 1.807) is 12.1 Å². The topological polar surface area (TPSA) is 46.5 Å². The number of benzene rings is 2. The van der Waals surface area contributed by atoms with Crippen molar-refractivity contribution in [3.63, 3.8) is 0 Å². The summed E-state index contributed by atoms with van der Waals surface area (Å²) >= 11 is 0. The number of halogens is 3. The number of carbonyl (C=O) groups is 1. The molecule has 0 bridgehead atoms. The Labute approximate surface area is 125 Å². The SMILES string of the molecule is COc1cccc(Cc2cccc(C(F)(F)F)c2)c1C(=O)O. The number of rotatable bonds is 4. The quantitative estimate of drug-likeness (QED) is 0.928. The average Bonchev–Trinajstić information content (AvgIpc) is 2.46. The Kier molecular flexibility index (Phi) is 4.40. The van der Waals surface area contributed by atoms with Gasteiger partial charge in [-0.3, -0.25) is 0 Å². The Morgan fingerprint density at radius 3 is 2.45 bits per heavy atom. The van der Waals surface area contributed by atoms with Crippen LogP contribution in [0.3, 0.4) is 0 Å². The second-order valence-corrected chi connectivity index (χ2v) is 4.67. The Morgan fingerprint density at radius 1 is 1.18 bits per heavy atom. The summed E-state index contributed by atoms with van der Waals surface area (Å²) < 4.78 is 43.2. The van der Waals surface area contributed by atoms with Crippen LogP contribution in [0.5, 0.6) is 5.75 Å². The molecule has 0 aliphatic carbocycles. The molecule has 0 aromatic heterocycles. The number of methoxy groups -OCH3 is 1. The van der Waals surface area contributed by atoms with E-state index in [1.807, 2.05) is 0 Å². The van der Waals surface area contributed by atoms with Gasteiger partial charge in [0.05, 0.1) is 12.7 Å². The molecule has 0 aliphatic rings. The van der Waals surface area contributed by atoms with Crippen LogP contribution in [0.2, 0.25) is 0 Å². The average molecular weight is 310 g/mol. The zero-order valence-corrected chi connectivity index (χ0v) is 11.6. The van der Waals surface area contributed by atoms with Gasteiger partial charge in [-0.25, -0.2) is 4.79 Å². The third-order valence-corrected chi connectivity index (χ3v) is 3.20. The van der Waals surface area contributed by atoms with E-state index in [-0.39, 0.29) is 17.7 Å². The maximum Gasteiger partial charge on any atom is 0.416 e. The predicted octanol–water partition coefficient (Wildman–Crippen LogP) is 4.00. The van der Waals surface area contributed by atoms with Crippen LogP contribution in [-0.4, -0.2) is 18.2 Å². The van der Waals surface area contributed by atoms with Crippen molar-refractivity contribution in [1.29, 1.82) is 0 Å². The van der Waals surface area contributed by atoms with Gasteiger partial charge < -0.3 is 9.84 Å². The summed E-state index contributed by atoms with van der Waals surface area (Å²) in [4.78, 5) is 11.4. The normalized spacial score (nSPS) is 11.3. The molecule has 0 saturated carbocycles. The summed E-state index contributed by atoms with van der Waals surface area (Å²) in [5.41, 5.74) is -0.0241. The van der Waals surface area contributed by atoms with Gasteiger partial charge in [0.25, 0.3) is 0 Å². The maximum atomic E-state index is 12.7. The lowest BCUT2D eigenvalue weighted by Gasteiger charge is -2.12. The highest BCUT2D eigenvalue weighted by molar-refractivity contribution is 5.92. The van der Waals surface area contributed by atoms with Crippen molar-refractivity contribution in [2.24, 2.45) is 0 Å². The molecule has 22 heavy (non-hydrogen) atoms. The summed E-state index contributed by atoms with van der Waals surface area (Å²) in [6, 6.07) is 9.50. The fraction of sp³-hybridized carbons (Fsp3) is 0.188. The lowest BCUT2D eigenvalue weighted by Crippen LogP contribution is -2.08. The molecule has 0 radical (unpaired) electrons. The largest absolute Gasteiger partial charge is 0.496 e. The Balaban J connectivity index is 2.42. The fourth-order valence-corrected chi connectivity index (χ4v) is 2.21. The molecule has 0 aliphatic heterocycles. The highest BCUT2D eigenvalue weighted by Crippen LogP contribution is 2.31. The molecule has 0 fully saturated rings. The molecule has 0 atom stereocenters. The minimum Gasteiger partial charge on any atom is -0.496 e. The monoisotopic (exact) mass is 310 g/mol. The van der Waals surface area contributed by atoms with Crippen molar-refractivity contribution in [2.45, 2.75) is 12.6 Å². The van der Waals surface area contributed by atoms with Crippen molar-refractivity contribution >= 4 is 5.97 Å². The zero-order valence-electron chi connectivity index (χ0n) is 11.6. The second kappa shape index (κ2) is 6.09. The molecule has 6 heteroatoms. The predicted molar refractivity (Wildman–Crippen MR) is 74.2 cm³/mol. The molecule has 0 heterocycles. The molecule has 116 valence electrons. The minimum atomic E-state index is -4.43. The zero-order chi connectivity index (χ0) is 16.3. The summed E-state index contributed by atoms with van der Waals surface area (Å²) in [5, 5.41) is 9.28. The van der Waals surface area contributed by atoms with Crippen LogP contribution >= 0.6 is 0 Å². The molecule has 3 nitrogen and oxygen atoms in total. The number of hydrogen-bond donors (Lipinski definition) is 1. The first-order valence-electron chi connectivity index (χ1n) is 6.38. The highest BCUT2D eigenvalue weighted by Gasteiger charge is 2.30. The highest BCUT2D eigenvalue weighted by atomic mass is 19.4. The molecule has 0 amide bonds. The number of alkyl halides is 3. The number of hydrogen-bond acceptors (Lipinski definition) is 2. The standard InChI is InChI=1S/C16H13F3O3/c1-22-13-7-3-5-11(14(13)15(20)21)8-10-4-2-6-12(9-10)16(17,18)19/h2-7,9H,8H2,1H3,(H,20,21). The third kappa shape index (κ3) is 3.39. The number of carboxylic acids is 1. The maximum absolute atomic E-state index is 12.7. The molecule has 2 aromatic rings. The van der Waals surface area contributed by atoms with Crippen molar-refractivity contribution in [2.75, 3.05) is 7.11 Å². The molecular formula is C16H13F3O3. The van der Waals surface area contributed by atoms with Gasteiger partial charge in [-0.15, -0.1) is 0 Å². The molecule has 0 spiro atoms. The second-order valence-electron chi connectivity index (χ2n) is 4.67. The summed E-state index contributed by atoms with van der Waals surface area (Å²) in [6.45, 7) is 0. The van der Waals surface area contributed by atoms with Crippen LogP contribution in [0.15, 0.2) is 42.5 Å². The van der Waals surface area contributed by atoms with Crippen LogP contribution in [0.25, 0.3) is 0 Å². The van der Waals surface area contributed by atoms with Crippen LogP contribution in [-0.2, 0) is 12.6 Å². The lowest BCUT2D eigenvalue weighted by molar-refractivity contribution is -0.137. The van der Waals surface area contributed by atoms with E-state index in [9.17, 15) is 23.1 Å². The molecule has 2 aromatic carbocycles. The minimum absolute atomic E-state index is 0.0394. The van der Waals surface area contributed by atoms with Gasteiger partial charge in [-0.05, 0) is 29.7 Å². The van der Waals surface area contributed by atoms with E-state index in [0.29, 0.717) is 11.1 Å². The van der Waals surface area contributed by atoms with Gasteiger partial charge in [0.1, 0.15) is 11.3 Å². The smallest absolute Gasteiger partial charge is 0.416 e. The molecular weight excluding hydrogens is 297 g/mol. The van der Waals surface area contributed by atoms with Crippen LogP contribution in [0.4, 0.5) is 13.2 Å². The lowest BCUT2D eigenvalue weighted by atomic mass is 9.98. The first-order valence-corrected chi connectivity index (χ1v) is 6.38. The van der Waals surface area contributed by atoms with Crippen molar-refractivity contribution in [3.8, 4) is 5.75 Å². The molecule has 1 N–H and O–H groups in total. The van der Waals surface area contributed by atoms with Crippen LogP contribution in [0, 0.1) is 0 Å². The summed E-state index contributed by atoms with van der Waals surface area (Å²) in [6.07, 6.45) is -4.36. The first-order chi connectivity index (χ1) is 10.3. The Bertz CT molecular complexity index is 693. The Morgan fingerprint density at radius 2 is 1.86 bits per heavy atom. The Hall–Kier alpha value is -2.50. The first kappa shape index (κ1) is 15.9. The van der Waals surface area contributed by atoms with E-state index in [1.165, 1.54) is 25.3 Å². The molecule has 2 rings (SSSR count). The fourth-order valence-electron chi connectivity index (χ4n) is 2.21. The molecule has 0 unspecified atom stereocenters. The van der Waals surface area contributed by atoms with Gasteiger partial charge in [0.2, 0.25) is 0 Å². The van der Waals surface area contributed by atoms with Crippen molar-refractivity contribution in [3.05, 3.63) is 64.7 Å². The van der Waals surface area contributed by atoms with Crippen molar-refractivity contribution < 1.29 is 27.8 Å². The van der Waals surface area contributed by atoms with Gasteiger partial charge in [0.15, 0.2) is 0 Å². The number of carboxylic acid groups (broad SMARTS) is 1. The van der Waals surface area contributed by atoms with Crippen molar-refractivity contribution in [1.82, 2.24) is 0 Å². The molecule has 0 saturated heterocycles. The van der Waals surface area contributed by atoms with Gasteiger partial charge in [-0.1, -0.05) is 30.3 Å². The van der Waals surface area contributed by atoms with E-state index < -0.39 is 17.7 Å². The van der Waals surface area contributed by atoms with Crippen LogP contribution < -0.4 is 4.74 Å². The van der Waals surface area contributed by atoms with Gasteiger partial charge >= 0.3 is 12.1 Å². The number of ether oxygens (including phenoxy) is 1. The van der Waals surface area contributed by atoms with Crippen LogP contribution in [0.1, 0.15) is 27.0 Å². The van der Waals surface area contributed by atoms with E-state index in [4.69, 9.17) is 4.74 Å². The van der Waals surface area contributed by atoms with E-state index in [0.717, 1.165) is 12.1 Å². The van der Waals surface area contributed by atoms with Gasteiger partial charge in [0, 0.05) is 0 Å². The van der Waals surface area contributed by atoms with E-state index >= 15 is 0 Å².